The van der Waals surface area contributed by atoms with Gasteiger partial charge >= 0.3 is 0 Å². The number of nitrogens with zero attached hydrogens (tertiary/aromatic N) is 1. The van der Waals surface area contributed by atoms with Crippen LogP contribution in [0.2, 0.25) is 0 Å². The fourth-order valence-corrected chi connectivity index (χ4v) is 3.31. The second-order valence-corrected chi connectivity index (χ2v) is 5.95. The van der Waals surface area contributed by atoms with Gasteiger partial charge in [0.2, 0.25) is 0 Å². The van der Waals surface area contributed by atoms with Crippen molar-refractivity contribution in [3.05, 3.63) is 0 Å². The summed E-state index contributed by atoms with van der Waals surface area (Å²) in [5, 5.41) is 0. The van der Waals surface area contributed by atoms with Gasteiger partial charge in [0.25, 0.3) is 0 Å². The van der Waals surface area contributed by atoms with Crippen molar-refractivity contribution in [1.29, 1.82) is 0 Å². The highest BCUT2D eigenvalue weighted by Gasteiger charge is 2.40. The first-order chi connectivity index (χ1) is 7.16. The summed E-state index contributed by atoms with van der Waals surface area (Å²) in [6.07, 6.45) is 6.79. The average Bonchev–Trinajstić information content (AvgIpc) is 2.67. The summed E-state index contributed by atoms with van der Waals surface area (Å²) in [5.74, 6) is 1.80. The third-order valence-electron chi connectivity index (χ3n) is 4.68. The molecule has 1 saturated carbocycles. The van der Waals surface area contributed by atoms with Crippen LogP contribution in [0, 0.1) is 11.8 Å². The maximum Gasteiger partial charge on any atom is 0.0332 e. The maximum absolute atomic E-state index is 6.07. The lowest BCUT2D eigenvalue weighted by atomic mass is 9.76. The Hall–Kier alpha value is -0.0800. The molecular weight excluding hydrogens is 184 g/mol. The molecule has 2 fully saturated rings. The lowest BCUT2D eigenvalue weighted by Crippen LogP contribution is -2.54. The van der Waals surface area contributed by atoms with Crippen LogP contribution in [0.25, 0.3) is 0 Å². The molecule has 1 heterocycles. The molecule has 0 aromatic rings. The Morgan fingerprint density at radius 1 is 1.13 bits per heavy atom. The first-order valence-corrected chi connectivity index (χ1v) is 6.61. The molecule has 1 aliphatic carbocycles. The van der Waals surface area contributed by atoms with E-state index in [2.05, 4.69) is 18.7 Å². The smallest absolute Gasteiger partial charge is 0.0332 e. The second kappa shape index (κ2) is 4.42. The fourth-order valence-electron chi connectivity index (χ4n) is 3.31. The summed E-state index contributed by atoms with van der Waals surface area (Å²) < 4.78 is 0. The van der Waals surface area contributed by atoms with Gasteiger partial charge in [-0.2, -0.15) is 0 Å². The van der Waals surface area contributed by atoms with Crippen molar-refractivity contribution in [1.82, 2.24) is 4.90 Å². The molecule has 0 spiro atoms. The molecule has 15 heavy (non-hydrogen) atoms. The minimum absolute atomic E-state index is 0.372. The molecule has 2 nitrogen and oxygen atoms in total. The van der Waals surface area contributed by atoms with Gasteiger partial charge in [-0.15, -0.1) is 0 Å². The van der Waals surface area contributed by atoms with Gasteiger partial charge in [0.05, 0.1) is 0 Å². The van der Waals surface area contributed by atoms with Gasteiger partial charge in [0.15, 0.2) is 0 Å². The number of rotatable bonds is 2. The lowest BCUT2D eigenvalue weighted by Gasteiger charge is -2.45. The fraction of sp³-hybridized carbons (Fsp3) is 1.00. The minimum Gasteiger partial charge on any atom is -0.329 e. The lowest BCUT2D eigenvalue weighted by molar-refractivity contribution is 0.0633. The molecule has 1 aliphatic heterocycles. The first kappa shape index (κ1) is 11.4. The standard InChI is InChI=1S/C13H26N2/c1-11-3-6-13(10-14,7-4-11)15-8-5-12(2)9-15/h11-12H,3-10,14H2,1-2H3. The molecule has 1 unspecified atom stereocenters. The zero-order valence-electron chi connectivity index (χ0n) is 10.3. The van der Waals surface area contributed by atoms with E-state index in [0.717, 1.165) is 18.4 Å². The summed E-state index contributed by atoms with van der Waals surface area (Å²) in [4.78, 5) is 2.70. The molecule has 0 aromatic carbocycles. The molecule has 88 valence electrons. The maximum atomic E-state index is 6.07. The Morgan fingerprint density at radius 3 is 2.27 bits per heavy atom. The van der Waals surface area contributed by atoms with E-state index in [1.165, 1.54) is 45.2 Å². The SMILES string of the molecule is CC1CCC(CN)(N2CCC(C)C2)CC1. The highest BCUT2D eigenvalue weighted by atomic mass is 15.2. The average molecular weight is 210 g/mol. The predicted octanol–water partition coefficient (Wildman–Crippen LogP) is 2.24. The molecule has 1 saturated heterocycles. The third kappa shape index (κ3) is 2.21. The number of nitrogens with two attached hydrogens (primary N) is 1. The van der Waals surface area contributed by atoms with Gasteiger partial charge in [-0.25, -0.2) is 0 Å². The zero-order valence-corrected chi connectivity index (χ0v) is 10.3. The minimum atomic E-state index is 0.372. The molecule has 1 atom stereocenters. The molecule has 2 rings (SSSR count). The first-order valence-electron chi connectivity index (χ1n) is 6.61. The molecule has 2 heteroatoms. The molecule has 2 aliphatic rings. The van der Waals surface area contributed by atoms with E-state index in [1.807, 2.05) is 0 Å². The summed E-state index contributed by atoms with van der Waals surface area (Å²) >= 11 is 0. The summed E-state index contributed by atoms with van der Waals surface area (Å²) in [5.41, 5.74) is 6.44. The molecule has 0 radical (unpaired) electrons. The van der Waals surface area contributed by atoms with Crippen molar-refractivity contribution in [2.45, 2.75) is 51.5 Å². The van der Waals surface area contributed by atoms with Crippen LogP contribution >= 0.6 is 0 Å². The van der Waals surface area contributed by atoms with Gasteiger partial charge in [-0.1, -0.05) is 13.8 Å². The Bertz CT molecular complexity index is 207. The normalized spacial score (nSPS) is 43.4. The van der Waals surface area contributed by atoms with Crippen LogP contribution in [0.5, 0.6) is 0 Å². The number of hydrogen-bond donors (Lipinski definition) is 1. The third-order valence-corrected chi connectivity index (χ3v) is 4.68. The van der Waals surface area contributed by atoms with Gasteiger partial charge in [-0.05, 0) is 50.5 Å². The van der Waals surface area contributed by atoms with Crippen LogP contribution in [-0.2, 0) is 0 Å². The quantitative estimate of drug-likeness (QED) is 0.757. The van der Waals surface area contributed by atoms with E-state index in [1.54, 1.807) is 0 Å². The van der Waals surface area contributed by atoms with Gasteiger partial charge in [-0.3, -0.25) is 4.90 Å². The Morgan fingerprint density at radius 2 is 1.80 bits per heavy atom. The highest BCUT2D eigenvalue weighted by molar-refractivity contribution is 4.97. The predicted molar refractivity (Wildman–Crippen MR) is 64.8 cm³/mol. The molecule has 0 amide bonds. The number of hydrogen-bond acceptors (Lipinski definition) is 2. The van der Waals surface area contributed by atoms with Crippen molar-refractivity contribution in [2.75, 3.05) is 19.6 Å². The zero-order chi connectivity index (χ0) is 10.9. The van der Waals surface area contributed by atoms with Crippen LogP contribution in [0.4, 0.5) is 0 Å². The van der Waals surface area contributed by atoms with E-state index in [4.69, 9.17) is 5.73 Å². The van der Waals surface area contributed by atoms with Crippen molar-refractivity contribution in [3.8, 4) is 0 Å². The summed E-state index contributed by atoms with van der Waals surface area (Å²) in [6.45, 7) is 8.19. The van der Waals surface area contributed by atoms with Gasteiger partial charge in [0.1, 0.15) is 0 Å². The van der Waals surface area contributed by atoms with Crippen LogP contribution < -0.4 is 5.73 Å². The highest BCUT2D eigenvalue weighted by Crippen LogP contribution is 2.38. The van der Waals surface area contributed by atoms with E-state index in [0.29, 0.717) is 5.54 Å². The Kier molecular flexibility index (Phi) is 3.36. The summed E-state index contributed by atoms with van der Waals surface area (Å²) in [7, 11) is 0. The van der Waals surface area contributed by atoms with Crippen LogP contribution in [0.15, 0.2) is 0 Å². The molecule has 0 aromatic heterocycles. The van der Waals surface area contributed by atoms with Crippen LogP contribution in [-0.4, -0.2) is 30.1 Å². The topological polar surface area (TPSA) is 29.3 Å². The van der Waals surface area contributed by atoms with E-state index in [-0.39, 0.29) is 0 Å². The summed E-state index contributed by atoms with van der Waals surface area (Å²) in [6, 6.07) is 0. The Balaban J connectivity index is 2.02. The largest absolute Gasteiger partial charge is 0.329 e. The van der Waals surface area contributed by atoms with Crippen molar-refractivity contribution in [2.24, 2.45) is 17.6 Å². The second-order valence-electron chi connectivity index (χ2n) is 5.95. The molecule has 0 bridgehead atoms. The molecule has 2 N–H and O–H groups in total. The Labute approximate surface area is 94.2 Å². The van der Waals surface area contributed by atoms with Crippen LogP contribution in [0.3, 0.4) is 0 Å². The van der Waals surface area contributed by atoms with E-state index >= 15 is 0 Å². The van der Waals surface area contributed by atoms with Crippen molar-refractivity contribution < 1.29 is 0 Å². The van der Waals surface area contributed by atoms with Crippen molar-refractivity contribution in [3.63, 3.8) is 0 Å². The monoisotopic (exact) mass is 210 g/mol. The number of likely N-dealkylation sites (tertiary alicyclic amines) is 1. The van der Waals surface area contributed by atoms with Gasteiger partial charge in [0, 0.05) is 18.6 Å². The van der Waals surface area contributed by atoms with Crippen molar-refractivity contribution >= 4 is 0 Å². The van der Waals surface area contributed by atoms with Gasteiger partial charge < -0.3 is 5.73 Å². The molecular formula is C13H26N2. The van der Waals surface area contributed by atoms with E-state index in [9.17, 15) is 0 Å². The van der Waals surface area contributed by atoms with E-state index < -0.39 is 0 Å². The van der Waals surface area contributed by atoms with Crippen LogP contribution in [0.1, 0.15) is 46.0 Å².